The van der Waals surface area contributed by atoms with Gasteiger partial charge in [0, 0.05) is 76.0 Å². The lowest BCUT2D eigenvalue weighted by atomic mass is 10.1. The monoisotopic (exact) mass is 644 g/mol. The first-order valence-electron chi connectivity index (χ1n) is 14.8. The fraction of sp³-hybridized carbons (Fsp3) is 0.533. The zero-order chi connectivity index (χ0) is 31.9. The van der Waals surface area contributed by atoms with Gasteiger partial charge < -0.3 is 20.4 Å². The number of carbonyl (C=O) groups excluding carboxylic acids is 2. The number of rotatable bonds is 11. The number of piperazine rings is 2. The third-order valence-corrected chi connectivity index (χ3v) is 8.12. The number of hydrogen-bond acceptors (Lipinski definition) is 6. The van der Waals surface area contributed by atoms with Crippen molar-refractivity contribution in [2.24, 2.45) is 0 Å². The van der Waals surface area contributed by atoms with Crippen LogP contribution in [-0.2, 0) is 11.3 Å². The van der Waals surface area contributed by atoms with Crippen molar-refractivity contribution in [1.29, 1.82) is 0 Å². The molecule has 14 heteroatoms. The molecule has 2 fully saturated rings. The summed E-state index contributed by atoms with van der Waals surface area (Å²) in [5, 5.41) is 5.62. The van der Waals surface area contributed by atoms with Crippen molar-refractivity contribution in [3.8, 4) is 0 Å². The topological polar surface area (TPSA) is 71.2 Å². The van der Waals surface area contributed by atoms with Gasteiger partial charge in [0.25, 0.3) is 5.91 Å². The lowest BCUT2D eigenvalue weighted by molar-refractivity contribution is -0.138. The van der Waals surface area contributed by atoms with E-state index < -0.39 is 35.7 Å². The summed E-state index contributed by atoms with van der Waals surface area (Å²) in [7, 11) is 0. The van der Waals surface area contributed by atoms with E-state index in [9.17, 15) is 27.2 Å². The van der Waals surface area contributed by atoms with E-state index in [1.165, 1.54) is 18.2 Å². The SMILES string of the molecule is CCCN1CCN(CC(=O)NCc2ccc(C(=O)Nc3ccc(Cl)cc3N3CCN(CCC(F)(F)F)CC3)c(F)c2F)CC1. The Morgan fingerprint density at radius 3 is 2.16 bits per heavy atom. The molecule has 4 rings (SSSR count). The van der Waals surface area contributed by atoms with Crippen molar-refractivity contribution < 1.29 is 31.5 Å². The van der Waals surface area contributed by atoms with Crippen molar-refractivity contribution in [3.63, 3.8) is 0 Å². The molecule has 2 aliphatic rings. The van der Waals surface area contributed by atoms with Crippen LogP contribution in [0.1, 0.15) is 35.7 Å². The molecular formula is C30H38ClF5N6O2. The molecule has 2 aromatic carbocycles. The van der Waals surface area contributed by atoms with Gasteiger partial charge in [-0.05, 0) is 37.2 Å². The van der Waals surface area contributed by atoms with E-state index in [1.54, 1.807) is 11.0 Å². The van der Waals surface area contributed by atoms with Gasteiger partial charge in [0.15, 0.2) is 11.6 Å². The Bertz CT molecular complexity index is 1300. The highest BCUT2D eigenvalue weighted by molar-refractivity contribution is 6.31. The van der Waals surface area contributed by atoms with Crippen LogP contribution in [0, 0.1) is 11.6 Å². The molecule has 242 valence electrons. The van der Waals surface area contributed by atoms with E-state index >= 15 is 4.39 Å². The maximum atomic E-state index is 15.1. The highest BCUT2D eigenvalue weighted by atomic mass is 35.5. The first-order chi connectivity index (χ1) is 20.9. The number of nitrogens with zero attached hydrogens (tertiary/aromatic N) is 4. The van der Waals surface area contributed by atoms with Crippen LogP contribution in [0.2, 0.25) is 5.02 Å². The lowest BCUT2D eigenvalue weighted by Crippen LogP contribution is -2.49. The van der Waals surface area contributed by atoms with Gasteiger partial charge in [-0.15, -0.1) is 0 Å². The number of alkyl halides is 3. The Balaban J connectivity index is 1.34. The van der Waals surface area contributed by atoms with E-state index in [2.05, 4.69) is 22.5 Å². The van der Waals surface area contributed by atoms with Crippen molar-refractivity contribution in [1.82, 2.24) is 20.0 Å². The molecule has 0 saturated carbocycles. The third kappa shape index (κ3) is 9.50. The van der Waals surface area contributed by atoms with E-state index in [0.29, 0.717) is 42.6 Å². The molecule has 2 aromatic rings. The summed E-state index contributed by atoms with van der Waals surface area (Å²) < 4.78 is 67.8. The molecule has 8 nitrogen and oxygen atoms in total. The largest absolute Gasteiger partial charge is 0.390 e. The van der Waals surface area contributed by atoms with E-state index in [-0.39, 0.29) is 31.1 Å². The second-order valence-electron chi connectivity index (χ2n) is 11.1. The molecule has 2 heterocycles. The summed E-state index contributed by atoms with van der Waals surface area (Å²) in [6.45, 7) is 7.79. The summed E-state index contributed by atoms with van der Waals surface area (Å²) in [5.74, 6) is -3.74. The Hall–Kier alpha value is -3.00. The highest BCUT2D eigenvalue weighted by Crippen LogP contribution is 2.31. The molecule has 44 heavy (non-hydrogen) atoms. The molecule has 2 aliphatic heterocycles. The van der Waals surface area contributed by atoms with Crippen molar-refractivity contribution >= 4 is 34.8 Å². The summed E-state index contributed by atoms with van der Waals surface area (Å²) in [6, 6.07) is 7.11. The predicted octanol–water partition coefficient (Wildman–Crippen LogP) is 4.59. The number of nitrogens with one attached hydrogen (secondary N) is 2. The van der Waals surface area contributed by atoms with Crippen LogP contribution in [0.15, 0.2) is 30.3 Å². The van der Waals surface area contributed by atoms with Crippen LogP contribution >= 0.6 is 11.6 Å². The fourth-order valence-corrected chi connectivity index (χ4v) is 5.57. The zero-order valence-corrected chi connectivity index (χ0v) is 25.4. The fourth-order valence-electron chi connectivity index (χ4n) is 5.40. The average Bonchev–Trinajstić information content (AvgIpc) is 2.99. The first kappa shape index (κ1) is 33.9. The van der Waals surface area contributed by atoms with Crippen LogP contribution in [0.4, 0.5) is 33.3 Å². The Morgan fingerprint density at radius 1 is 0.864 bits per heavy atom. The molecule has 2 saturated heterocycles. The van der Waals surface area contributed by atoms with Crippen LogP contribution in [0.5, 0.6) is 0 Å². The maximum absolute atomic E-state index is 15.1. The minimum Gasteiger partial charge on any atom is -0.367 e. The highest BCUT2D eigenvalue weighted by Gasteiger charge is 2.29. The van der Waals surface area contributed by atoms with Gasteiger partial charge in [-0.1, -0.05) is 24.6 Å². The average molecular weight is 645 g/mol. The van der Waals surface area contributed by atoms with E-state index in [1.807, 2.05) is 9.80 Å². The molecule has 2 amide bonds. The van der Waals surface area contributed by atoms with Gasteiger partial charge >= 0.3 is 6.18 Å². The number of benzene rings is 2. The van der Waals surface area contributed by atoms with E-state index in [0.717, 1.165) is 45.2 Å². The minimum atomic E-state index is -4.23. The molecule has 0 aliphatic carbocycles. The second kappa shape index (κ2) is 15.3. The molecule has 0 radical (unpaired) electrons. The smallest absolute Gasteiger partial charge is 0.367 e. The molecule has 0 unspecified atom stereocenters. The summed E-state index contributed by atoms with van der Waals surface area (Å²) in [5.41, 5.74) is 0.222. The second-order valence-corrected chi connectivity index (χ2v) is 11.5. The minimum absolute atomic E-state index is 0.0873. The number of amides is 2. The molecule has 0 atom stereocenters. The van der Waals surface area contributed by atoms with Crippen LogP contribution in [0.3, 0.4) is 0 Å². The molecule has 2 N–H and O–H groups in total. The van der Waals surface area contributed by atoms with Crippen molar-refractivity contribution in [3.05, 3.63) is 58.1 Å². The normalized spacial score (nSPS) is 17.1. The third-order valence-electron chi connectivity index (χ3n) is 7.89. The Morgan fingerprint density at radius 2 is 1.50 bits per heavy atom. The molecule has 0 spiro atoms. The number of anilines is 2. The summed E-state index contributed by atoms with van der Waals surface area (Å²) >= 11 is 6.19. The Labute approximate surface area is 259 Å². The van der Waals surface area contributed by atoms with Crippen LogP contribution in [-0.4, -0.2) is 105 Å². The first-order valence-corrected chi connectivity index (χ1v) is 15.1. The quantitative estimate of drug-likeness (QED) is 0.349. The standard InChI is InChI=1S/C30H38ClF5N6O2/c1-2-8-39-10-12-41(13-11-39)20-26(43)37-19-21-3-5-23(28(33)27(21)32)29(44)38-24-6-4-22(31)18-25(24)42-16-14-40(15-17-42)9-7-30(34,35)36/h3-6,18H,2,7-17,19-20H2,1H3,(H,37,43)(H,38,44). The van der Waals surface area contributed by atoms with Crippen molar-refractivity contribution in [2.75, 3.05) is 82.2 Å². The van der Waals surface area contributed by atoms with Crippen LogP contribution in [0.25, 0.3) is 0 Å². The van der Waals surface area contributed by atoms with Gasteiger partial charge in [-0.25, -0.2) is 8.78 Å². The predicted molar refractivity (Wildman–Crippen MR) is 160 cm³/mol. The molecular weight excluding hydrogens is 607 g/mol. The maximum Gasteiger partial charge on any atom is 0.390 e. The van der Waals surface area contributed by atoms with Gasteiger partial charge in [0.1, 0.15) is 0 Å². The van der Waals surface area contributed by atoms with Gasteiger partial charge in [0.05, 0.1) is 29.9 Å². The number of halogens is 6. The van der Waals surface area contributed by atoms with Gasteiger partial charge in [-0.3, -0.25) is 19.4 Å². The van der Waals surface area contributed by atoms with Gasteiger partial charge in [0.2, 0.25) is 5.91 Å². The van der Waals surface area contributed by atoms with Crippen LogP contribution < -0.4 is 15.5 Å². The molecule has 0 bridgehead atoms. The van der Waals surface area contributed by atoms with Gasteiger partial charge in [-0.2, -0.15) is 13.2 Å². The number of carbonyl (C=O) groups is 2. The van der Waals surface area contributed by atoms with Crippen molar-refractivity contribution in [2.45, 2.75) is 32.5 Å². The summed E-state index contributed by atoms with van der Waals surface area (Å²) in [6.07, 6.45) is -4.05. The summed E-state index contributed by atoms with van der Waals surface area (Å²) in [4.78, 5) is 33.4. The lowest BCUT2D eigenvalue weighted by Gasteiger charge is -2.37. The molecule has 0 aromatic heterocycles. The number of hydrogen-bond donors (Lipinski definition) is 2. The Kier molecular flexibility index (Phi) is 11.8. The van der Waals surface area contributed by atoms with E-state index in [4.69, 9.17) is 11.6 Å². The zero-order valence-electron chi connectivity index (χ0n) is 24.7.